The van der Waals surface area contributed by atoms with Gasteiger partial charge in [0.15, 0.2) is 0 Å². The summed E-state index contributed by atoms with van der Waals surface area (Å²) in [5, 5.41) is 3.60. The summed E-state index contributed by atoms with van der Waals surface area (Å²) in [6, 6.07) is 0.811. The van der Waals surface area contributed by atoms with Crippen LogP contribution < -0.4 is 5.32 Å². The van der Waals surface area contributed by atoms with Crippen LogP contribution in [0.2, 0.25) is 0 Å². The highest BCUT2D eigenvalue weighted by Gasteiger charge is 2.26. The minimum absolute atomic E-state index is 0.811. The normalized spacial score (nSPS) is 32.2. The van der Waals surface area contributed by atoms with E-state index in [0.717, 1.165) is 12.0 Å². The molecule has 0 spiro atoms. The van der Waals surface area contributed by atoms with E-state index in [2.05, 4.69) is 17.3 Å². The fraction of sp³-hybridized carbons (Fsp3) is 1.00. The fourth-order valence-corrected chi connectivity index (χ4v) is 3.25. The third kappa shape index (κ3) is 3.18. The Morgan fingerprint density at radius 2 is 1.73 bits per heavy atom. The van der Waals surface area contributed by atoms with Crippen molar-refractivity contribution in [2.45, 2.75) is 51.0 Å². The van der Waals surface area contributed by atoms with Crippen LogP contribution in [0.3, 0.4) is 0 Å². The summed E-state index contributed by atoms with van der Waals surface area (Å²) in [4.78, 5) is 2.61. The highest BCUT2D eigenvalue weighted by atomic mass is 15.2. The van der Waals surface area contributed by atoms with Crippen LogP contribution in [-0.2, 0) is 0 Å². The molecule has 2 heteroatoms. The molecule has 0 bridgehead atoms. The average Bonchev–Trinajstić information content (AvgIpc) is 2.59. The Hall–Kier alpha value is -0.0800. The molecule has 1 saturated heterocycles. The highest BCUT2D eigenvalue weighted by molar-refractivity contribution is 4.83. The zero-order valence-corrected chi connectivity index (χ0v) is 10.2. The number of rotatable bonds is 1. The molecule has 1 saturated carbocycles. The summed E-state index contributed by atoms with van der Waals surface area (Å²) < 4.78 is 0. The standard InChI is InChI=1S/C13H26N2/c1-15-10-6-9-14-11-13(15)12-7-4-2-3-5-8-12/h12-14H,2-11H2,1H3. The molecule has 0 amide bonds. The van der Waals surface area contributed by atoms with Crippen molar-refractivity contribution >= 4 is 0 Å². The van der Waals surface area contributed by atoms with E-state index < -0.39 is 0 Å². The van der Waals surface area contributed by atoms with Crippen LogP contribution in [0.4, 0.5) is 0 Å². The first-order valence-corrected chi connectivity index (χ1v) is 6.79. The van der Waals surface area contributed by atoms with Gasteiger partial charge in [-0.05, 0) is 45.3 Å². The molecule has 15 heavy (non-hydrogen) atoms. The number of hydrogen-bond donors (Lipinski definition) is 1. The molecular weight excluding hydrogens is 184 g/mol. The first-order valence-electron chi connectivity index (χ1n) is 6.79. The van der Waals surface area contributed by atoms with Gasteiger partial charge in [0, 0.05) is 12.6 Å². The highest BCUT2D eigenvalue weighted by Crippen LogP contribution is 2.28. The van der Waals surface area contributed by atoms with Crippen molar-refractivity contribution in [3.8, 4) is 0 Å². The molecule has 2 fully saturated rings. The minimum atomic E-state index is 0.811. The van der Waals surface area contributed by atoms with Crippen LogP contribution in [0.5, 0.6) is 0 Å². The van der Waals surface area contributed by atoms with Gasteiger partial charge in [0.05, 0.1) is 0 Å². The zero-order valence-electron chi connectivity index (χ0n) is 10.2. The van der Waals surface area contributed by atoms with Gasteiger partial charge >= 0.3 is 0 Å². The summed E-state index contributed by atoms with van der Waals surface area (Å²) in [7, 11) is 2.32. The van der Waals surface area contributed by atoms with Crippen LogP contribution in [0, 0.1) is 5.92 Å². The zero-order chi connectivity index (χ0) is 10.5. The molecular formula is C13H26N2. The van der Waals surface area contributed by atoms with Gasteiger partial charge in [0.2, 0.25) is 0 Å². The lowest BCUT2D eigenvalue weighted by Crippen LogP contribution is -2.42. The maximum absolute atomic E-state index is 3.60. The van der Waals surface area contributed by atoms with Crippen molar-refractivity contribution in [1.82, 2.24) is 10.2 Å². The lowest BCUT2D eigenvalue weighted by atomic mass is 9.91. The molecule has 1 heterocycles. The third-order valence-electron chi connectivity index (χ3n) is 4.23. The fourth-order valence-electron chi connectivity index (χ4n) is 3.25. The molecule has 1 aliphatic carbocycles. The Labute approximate surface area is 94.4 Å². The second-order valence-corrected chi connectivity index (χ2v) is 5.36. The van der Waals surface area contributed by atoms with Crippen molar-refractivity contribution < 1.29 is 0 Å². The molecule has 0 aromatic heterocycles. The molecule has 1 unspecified atom stereocenters. The van der Waals surface area contributed by atoms with E-state index in [1.165, 1.54) is 64.6 Å². The minimum Gasteiger partial charge on any atom is -0.315 e. The number of nitrogens with one attached hydrogen (secondary N) is 1. The van der Waals surface area contributed by atoms with Crippen molar-refractivity contribution in [2.75, 3.05) is 26.7 Å². The van der Waals surface area contributed by atoms with Gasteiger partial charge in [0.25, 0.3) is 0 Å². The van der Waals surface area contributed by atoms with Gasteiger partial charge in [-0.2, -0.15) is 0 Å². The summed E-state index contributed by atoms with van der Waals surface area (Å²) in [6.45, 7) is 3.73. The monoisotopic (exact) mass is 210 g/mol. The van der Waals surface area contributed by atoms with E-state index >= 15 is 0 Å². The van der Waals surface area contributed by atoms with E-state index in [4.69, 9.17) is 0 Å². The molecule has 0 aromatic rings. The Bertz CT molecular complexity index is 173. The first kappa shape index (κ1) is 11.4. The van der Waals surface area contributed by atoms with Gasteiger partial charge in [-0.3, -0.25) is 0 Å². The Morgan fingerprint density at radius 1 is 1.00 bits per heavy atom. The Balaban J connectivity index is 1.92. The summed E-state index contributed by atoms with van der Waals surface area (Å²) >= 11 is 0. The van der Waals surface area contributed by atoms with Crippen molar-refractivity contribution in [3.05, 3.63) is 0 Å². The van der Waals surface area contributed by atoms with Gasteiger partial charge in [-0.15, -0.1) is 0 Å². The van der Waals surface area contributed by atoms with Gasteiger partial charge in [0.1, 0.15) is 0 Å². The molecule has 2 nitrogen and oxygen atoms in total. The second-order valence-electron chi connectivity index (χ2n) is 5.36. The van der Waals surface area contributed by atoms with Crippen LogP contribution in [0.1, 0.15) is 44.9 Å². The van der Waals surface area contributed by atoms with Crippen molar-refractivity contribution in [1.29, 1.82) is 0 Å². The van der Waals surface area contributed by atoms with E-state index in [0.29, 0.717) is 0 Å². The summed E-state index contributed by atoms with van der Waals surface area (Å²) in [6.07, 6.45) is 10.1. The predicted octanol–water partition coefficient (Wildman–Crippen LogP) is 2.25. The predicted molar refractivity (Wildman–Crippen MR) is 65.1 cm³/mol. The van der Waals surface area contributed by atoms with Crippen LogP contribution in [-0.4, -0.2) is 37.6 Å². The van der Waals surface area contributed by atoms with Crippen molar-refractivity contribution in [2.24, 2.45) is 5.92 Å². The smallest absolute Gasteiger partial charge is 0.0245 e. The molecule has 1 aliphatic heterocycles. The molecule has 1 N–H and O–H groups in total. The topological polar surface area (TPSA) is 15.3 Å². The summed E-state index contributed by atoms with van der Waals surface area (Å²) in [5.41, 5.74) is 0. The Morgan fingerprint density at radius 3 is 2.47 bits per heavy atom. The SMILES string of the molecule is CN1CCCNCC1C1CCCCCC1. The molecule has 2 rings (SSSR count). The lowest BCUT2D eigenvalue weighted by molar-refractivity contribution is 0.173. The first-order chi connectivity index (χ1) is 7.38. The van der Waals surface area contributed by atoms with Gasteiger partial charge in [-0.25, -0.2) is 0 Å². The van der Waals surface area contributed by atoms with E-state index in [9.17, 15) is 0 Å². The quantitative estimate of drug-likeness (QED) is 0.668. The van der Waals surface area contributed by atoms with Crippen molar-refractivity contribution in [3.63, 3.8) is 0 Å². The molecule has 2 aliphatic rings. The molecule has 1 atom stereocenters. The molecule has 88 valence electrons. The molecule has 0 radical (unpaired) electrons. The maximum atomic E-state index is 3.60. The summed E-state index contributed by atoms with van der Waals surface area (Å²) in [5.74, 6) is 0.961. The van der Waals surface area contributed by atoms with Gasteiger partial charge < -0.3 is 10.2 Å². The van der Waals surface area contributed by atoms with Crippen LogP contribution in [0.15, 0.2) is 0 Å². The maximum Gasteiger partial charge on any atom is 0.0245 e. The van der Waals surface area contributed by atoms with Crippen LogP contribution >= 0.6 is 0 Å². The number of hydrogen-bond acceptors (Lipinski definition) is 2. The molecule has 0 aromatic carbocycles. The Kier molecular flexibility index (Phi) is 4.45. The van der Waals surface area contributed by atoms with E-state index in [1.807, 2.05) is 0 Å². The van der Waals surface area contributed by atoms with E-state index in [1.54, 1.807) is 0 Å². The average molecular weight is 210 g/mol. The van der Waals surface area contributed by atoms with Crippen LogP contribution in [0.25, 0.3) is 0 Å². The number of nitrogens with zero attached hydrogens (tertiary/aromatic N) is 1. The largest absolute Gasteiger partial charge is 0.315 e. The third-order valence-corrected chi connectivity index (χ3v) is 4.23. The second kappa shape index (κ2) is 5.86. The van der Waals surface area contributed by atoms with Gasteiger partial charge in [-0.1, -0.05) is 25.7 Å². The lowest BCUT2D eigenvalue weighted by Gasteiger charge is -2.32. The number of likely N-dealkylation sites (N-methyl/N-ethyl adjacent to an activating group) is 1. The van der Waals surface area contributed by atoms with E-state index in [-0.39, 0.29) is 0 Å².